The van der Waals surface area contributed by atoms with Crippen LogP contribution in [0.5, 0.6) is 11.5 Å². The van der Waals surface area contributed by atoms with E-state index in [-0.39, 0.29) is 6.04 Å². The molecule has 1 aliphatic rings. The minimum absolute atomic E-state index is 0.245. The van der Waals surface area contributed by atoms with Gasteiger partial charge in [0.05, 0.1) is 26.8 Å². The number of ether oxygens (including phenoxy) is 3. The predicted molar refractivity (Wildman–Crippen MR) is 98.8 cm³/mol. The standard InChI is InChI=1S/C20H26N2O3/c1-5-14(2)16-13-25-20(21-16)17-9-7-11-22(17)12-15-8-6-10-18(23-3)19(15)24-4/h6-11,14,16H,5,12-13H2,1-4H3/t14-,16-/m0/s1. The molecule has 0 bridgehead atoms. The average Bonchev–Trinajstić information content (AvgIpc) is 3.29. The van der Waals surface area contributed by atoms with Gasteiger partial charge in [-0.1, -0.05) is 32.4 Å². The number of hydrogen-bond acceptors (Lipinski definition) is 4. The highest BCUT2D eigenvalue weighted by Crippen LogP contribution is 2.31. The molecule has 0 saturated heterocycles. The summed E-state index contributed by atoms with van der Waals surface area (Å²) >= 11 is 0. The molecular weight excluding hydrogens is 316 g/mol. The minimum atomic E-state index is 0.245. The fraction of sp³-hybridized carbons (Fsp3) is 0.450. The molecule has 2 atom stereocenters. The van der Waals surface area contributed by atoms with Crippen molar-refractivity contribution in [3.63, 3.8) is 0 Å². The van der Waals surface area contributed by atoms with Crippen LogP contribution in [0.2, 0.25) is 0 Å². The lowest BCUT2D eigenvalue weighted by Gasteiger charge is -2.14. The smallest absolute Gasteiger partial charge is 0.233 e. The molecule has 0 fully saturated rings. The molecule has 0 spiro atoms. The quantitative estimate of drug-likeness (QED) is 0.770. The summed E-state index contributed by atoms with van der Waals surface area (Å²) in [5, 5.41) is 0. The van der Waals surface area contributed by atoms with Gasteiger partial charge in [0, 0.05) is 11.8 Å². The van der Waals surface area contributed by atoms with Crippen LogP contribution in [0.25, 0.3) is 0 Å². The molecule has 5 nitrogen and oxygen atoms in total. The number of benzene rings is 1. The fourth-order valence-corrected chi connectivity index (χ4v) is 3.10. The molecule has 2 aromatic rings. The van der Waals surface area contributed by atoms with Gasteiger partial charge in [0.2, 0.25) is 5.90 Å². The molecule has 0 amide bonds. The number of para-hydroxylation sites is 1. The summed E-state index contributed by atoms with van der Waals surface area (Å²) < 4.78 is 19.0. The van der Waals surface area contributed by atoms with Crippen molar-refractivity contribution in [2.75, 3.05) is 20.8 Å². The second-order valence-electron chi connectivity index (χ2n) is 6.37. The molecule has 1 aromatic carbocycles. The van der Waals surface area contributed by atoms with Crippen LogP contribution in [0, 0.1) is 5.92 Å². The van der Waals surface area contributed by atoms with Crippen molar-refractivity contribution in [2.24, 2.45) is 10.9 Å². The zero-order valence-electron chi connectivity index (χ0n) is 15.4. The van der Waals surface area contributed by atoms with Gasteiger partial charge in [-0.05, 0) is 24.1 Å². The van der Waals surface area contributed by atoms with Crippen molar-refractivity contribution in [3.05, 3.63) is 47.8 Å². The molecule has 134 valence electrons. The van der Waals surface area contributed by atoms with Gasteiger partial charge in [-0.2, -0.15) is 0 Å². The van der Waals surface area contributed by atoms with Gasteiger partial charge in [0.25, 0.3) is 0 Å². The van der Waals surface area contributed by atoms with Gasteiger partial charge in [-0.3, -0.25) is 0 Å². The molecule has 5 heteroatoms. The maximum atomic E-state index is 5.89. The van der Waals surface area contributed by atoms with Gasteiger partial charge in [-0.25, -0.2) is 4.99 Å². The van der Waals surface area contributed by atoms with E-state index in [9.17, 15) is 0 Å². The van der Waals surface area contributed by atoms with Crippen LogP contribution < -0.4 is 9.47 Å². The van der Waals surface area contributed by atoms with Gasteiger partial charge < -0.3 is 18.8 Å². The number of nitrogens with zero attached hydrogens (tertiary/aromatic N) is 2. The highest BCUT2D eigenvalue weighted by molar-refractivity contribution is 5.93. The molecule has 0 aliphatic carbocycles. The summed E-state index contributed by atoms with van der Waals surface area (Å²) in [4.78, 5) is 4.80. The average molecular weight is 342 g/mol. The van der Waals surface area contributed by atoms with E-state index in [1.807, 2.05) is 36.5 Å². The van der Waals surface area contributed by atoms with Gasteiger partial charge in [0.15, 0.2) is 11.5 Å². The number of rotatable bonds is 7. The Morgan fingerprint density at radius 2 is 2.08 bits per heavy atom. The van der Waals surface area contributed by atoms with Gasteiger partial charge in [0.1, 0.15) is 12.3 Å². The normalized spacial score (nSPS) is 17.8. The zero-order chi connectivity index (χ0) is 17.8. The first kappa shape index (κ1) is 17.4. The van der Waals surface area contributed by atoms with E-state index in [0.29, 0.717) is 19.1 Å². The summed E-state index contributed by atoms with van der Waals surface area (Å²) in [6.45, 7) is 5.74. The lowest BCUT2D eigenvalue weighted by atomic mass is 10.0. The first-order valence-electron chi connectivity index (χ1n) is 8.73. The van der Waals surface area contributed by atoms with Crippen molar-refractivity contribution >= 4 is 5.90 Å². The van der Waals surface area contributed by atoms with Crippen LogP contribution in [0.1, 0.15) is 31.5 Å². The number of hydrogen-bond donors (Lipinski definition) is 0. The Morgan fingerprint density at radius 1 is 1.24 bits per heavy atom. The largest absolute Gasteiger partial charge is 0.493 e. The highest BCUT2D eigenvalue weighted by Gasteiger charge is 2.26. The summed E-state index contributed by atoms with van der Waals surface area (Å²) in [5.74, 6) is 2.76. The van der Waals surface area contributed by atoms with Crippen LogP contribution in [-0.4, -0.2) is 37.3 Å². The van der Waals surface area contributed by atoms with Crippen LogP contribution in [-0.2, 0) is 11.3 Å². The number of aliphatic imine (C=N–C) groups is 1. The molecule has 3 rings (SSSR count). The molecule has 2 heterocycles. The Morgan fingerprint density at radius 3 is 2.80 bits per heavy atom. The van der Waals surface area contributed by atoms with E-state index < -0.39 is 0 Å². The lowest BCUT2D eigenvalue weighted by Crippen LogP contribution is -2.16. The van der Waals surface area contributed by atoms with Crippen LogP contribution in [0.15, 0.2) is 41.5 Å². The van der Waals surface area contributed by atoms with Crippen LogP contribution in [0.3, 0.4) is 0 Å². The van der Waals surface area contributed by atoms with E-state index >= 15 is 0 Å². The Kier molecular flexibility index (Phi) is 5.31. The number of methoxy groups -OCH3 is 2. The van der Waals surface area contributed by atoms with E-state index in [1.165, 1.54) is 0 Å². The molecule has 1 aliphatic heterocycles. The van der Waals surface area contributed by atoms with Gasteiger partial charge >= 0.3 is 0 Å². The molecule has 0 radical (unpaired) electrons. The van der Waals surface area contributed by atoms with Gasteiger partial charge in [-0.15, -0.1) is 0 Å². The monoisotopic (exact) mass is 342 g/mol. The first-order chi connectivity index (χ1) is 12.2. The SMILES string of the molecule is CC[C@H](C)[C@@H]1COC(c2cccn2Cc2cccc(OC)c2OC)=N1. The predicted octanol–water partition coefficient (Wildman–Crippen LogP) is 3.75. The summed E-state index contributed by atoms with van der Waals surface area (Å²) in [6.07, 6.45) is 3.14. The third-order valence-corrected chi connectivity index (χ3v) is 4.85. The third-order valence-electron chi connectivity index (χ3n) is 4.85. The fourth-order valence-electron chi connectivity index (χ4n) is 3.10. The Balaban J connectivity index is 1.87. The minimum Gasteiger partial charge on any atom is -0.493 e. The maximum Gasteiger partial charge on any atom is 0.233 e. The van der Waals surface area contributed by atoms with Crippen LogP contribution in [0.4, 0.5) is 0 Å². The summed E-state index contributed by atoms with van der Waals surface area (Å²) in [5.41, 5.74) is 2.05. The van der Waals surface area contributed by atoms with Crippen molar-refractivity contribution in [3.8, 4) is 11.5 Å². The Labute approximate surface area is 149 Å². The molecule has 1 aromatic heterocycles. The highest BCUT2D eigenvalue weighted by atomic mass is 16.5. The second kappa shape index (κ2) is 7.64. The van der Waals surface area contributed by atoms with Crippen LogP contribution >= 0.6 is 0 Å². The number of aromatic nitrogens is 1. The summed E-state index contributed by atoms with van der Waals surface area (Å²) in [7, 11) is 3.32. The third kappa shape index (κ3) is 3.50. The topological polar surface area (TPSA) is 45.0 Å². The van der Waals surface area contributed by atoms with E-state index in [1.54, 1.807) is 14.2 Å². The second-order valence-corrected chi connectivity index (χ2v) is 6.37. The first-order valence-corrected chi connectivity index (χ1v) is 8.73. The molecular formula is C20H26N2O3. The Bertz CT molecular complexity index is 751. The molecule has 0 N–H and O–H groups in total. The van der Waals surface area contributed by atoms with Crippen molar-refractivity contribution in [1.82, 2.24) is 4.57 Å². The van der Waals surface area contributed by atoms with E-state index in [0.717, 1.165) is 35.1 Å². The van der Waals surface area contributed by atoms with E-state index in [4.69, 9.17) is 19.2 Å². The summed E-state index contributed by atoms with van der Waals surface area (Å²) in [6, 6.07) is 10.2. The maximum absolute atomic E-state index is 5.89. The van der Waals surface area contributed by atoms with Crippen molar-refractivity contribution in [2.45, 2.75) is 32.9 Å². The molecule has 0 unspecified atom stereocenters. The molecule has 0 saturated carbocycles. The Hall–Kier alpha value is -2.43. The van der Waals surface area contributed by atoms with Crippen molar-refractivity contribution < 1.29 is 14.2 Å². The molecule has 25 heavy (non-hydrogen) atoms. The van der Waals surface area contributed by atoms with Crippen molar-refractivity contribution in [1.29, 1.82) is 0 Å². The lowest BCUT2D eigenvalue weighted by molar-refractivity contribution is 0.281. The van der Waals surface area contributed by atoms with E-state index in [2.05, 4.69) is 18.4 Å². The zero-order valence-corrected chi connectivity index (χ0v) is 15.4.